The van der Waals surface area contributed by atoms with Crippen molar-refractivity contribution in [2.24, 2.45) is 11.5 Å². The fourth-order valence-electron chi connectivity index (χ4n) is 1.36. The number of benzene rings is 1. The third-order valence-electron chi connectivity index (χ3n) is 2.14. The first kappa shape index (κ1) is 10.2. The van der Waals surface area contributed by atoms with Crippen molar-refractivity contribution in [3.05, 3.63) is 35.1 Å². The maximum atomic E-state index is 12.9. The van der Waals surface area contributed by atoms with E-state index in [-0.39, 0.29) is 11.9 Å². The van der Waals surface area contributed by atoms with Crippen LogP contribution < -0.4 is 11.5 Å². The Labute approximate surface area is 77.7 Å². The largest absolute Gasteiger partial charge is 0.329 e. The third-order valence-corrected chi connectivity index (χ3v) is 2.14. The Bertz CT molecular complexity index is 286. The van der Waals surface area contributed by atoms with E-state index in [9.17, 15) is 4.39 Å². The van der Waals surface area contributed by atoms with E-state index in [1.54, 1.807) is 6.07 Å². The maximum absolute atomic E-state index is 12.9. The summed E-state index contributed by atoms with van der Waals surface area (Å²) in [5, 5.41) is 0. The van der Waals surface area contributed by atoms with Gasteiger partial charge in [0.2, 0.25) is 0 Å². The molecule has 0 spiro atoms. The Morgan fingerprint density at radius 1 is 1.46 bits per heavy atom. The minimum Gasteiger partial charge on any atom is -0.329 e. The number of aryl methyl sites for hydroxylation is 1. The monoisotopic (exact) mass is 182 g/mol. The average Bonchev–Trinajstić information content (AvgIpc) is 2.16. The molecule has 1 aromatic carbocycles. The molecule has 3 heteroatoms. The third kappa shape index (κ3) is 2.26. The molecule has 0 heterocycles. The molecule has 1 atom stereocenters. The summed E-state index contributed by atoms with van der Waals surface area (Å²) < 4.78 is 12.9. The molecule has 0 aliphatic rings. The lowest BCUT2D eigenvalue weighted by Gasteiger charge is -2.13. The van der Waals surface area contributed by atoms with Crippen LogP contribution in [0.25, 0.3) is 0 Å². The molecular weight excluding hydrogens is 167 g/mol. The first-order valence-electron chi connectivity index (χ1n) is 4.43. The van der Waals surface area contributed by atoms with Gasteiger partial charge in [0.1, 0.15) is 5.82 Å². The van der Waals surface area contributed by atoms with E-state index in [1.807, 2.05) is 6.92 Å². The van der Waals surface area contributed by atoms with Gasteiger partial charge in [0.25, 0.3) is 0 Å². The van der Waals surface area contributed by atoms with E-state index < -0.39 is 0 Å². The number of halogens is 1. The van der Waals surface area contributed by atoms with Gasteiger partial charge in [-0.3, -0.25) is 0 Å². The Kier molecular flexibility index (Phi) is 3.39. The van der Waals surface area contributed by atoms with Gasteiger partial charge in [-0.2, -0.15) is 0 Å². The number of hydrogen-bond acceptors (Lipinski definition) is 2. The standard InChI is InChI=1S/C10H15FN2/c1-2-7-3-4-8(11)5-9(7)10(13)6-12/h3-5,10H,2,6,12-13H2,1H3/t10-/m0/s1. The molecule has 0 fully saturated rings. The van der Waals surface area contributed by atoms with Crippen molar-refractivity contribution >= 4 is 0 Å². The van der Waals surface area contributed by atoms with Crippen LogP contribution in [0.1, 0.15) is 24.1 Å². The zero-order valence-electron chi connectivity index (χ0n) is 7.76. The maximum Gasteiger partial charge on any atom is 0.123 e. The molecule has 72 valence electrons. The summed E-state index contributed by atoms with van der Waals surface area (Å²) in [5.74, 6) is -0.254. The molecule has 2 nitrogen and oxygen atoms in total. The normalized spacial score (nSPS) is 12.9. The minimum absolute atomic E-state index is 0.254. The second kappa shape index (κ2) is 4.35. The van der Waals surface area contributed by atoms with Crippen LogP contribution >= 0.6 is 0 Å². The highest BCUT2D eigenvalue weighted by atomic mass is 19.1. The number of rotatable bonds is 3. The van der Waals surface area contributed by atoms with E-state index in [0.29, 0.717) is 6.54 Å². The van der Waals surface area contributed by atoms with E-state index in [2.05, 4.69) is 0 Å². The molecule has 0 aliphatic carbocycles. The van der Waals surface area contributed by atoms with Crippen molar-refractivity contribution in [3.8, 4) is 0 Å². The van der Waals surface area contributed by atoms with E-state index in [0.717, 1.165) is 17.5 Å². The quantitative estimate of drug-likeness (QED) is 0.741. The van der Waals surface area contributed by atoms with Gasteiger partial charge in [-0.25, -0.2) is 4.39 Å². The van der Waals surface area contributed by atoms with Crippen molar-refractivity contribution < 1.29 is 4.39 Å². The topological polar surface area (TPSA) is 52.0 Å². The molecule has 0 aliphatic heterocycles. The predicted octanol–water partition coefficient (Wildman–Crippen LogP) is 1.35. The summed E-state index contributed by atoms with van der Waals surface area (Å²) in [6, 6.07) is 4.42. The van der Waals surface area contributed by atoms with Crippen LogP contribution in [0.4, 0.5) is 4.39 Å². The summed E-state index contributed by atoms with van der Waals surface area (Å²) in [6.45, 7) is 2.36. The van der Waals surface area contributed by atoms with Crippen molar-refractivity contribution in [3.63, 3.8) is 0 Å². The molecule has 1 rings (SSSR count). The molecule has 0 radical (unpaired) electrons. The molecule has 0 aromatic heterocycles. The Balaban J connectivity index is 3.07. The van der Waals surface area contributed by atoms with E-state index in [1.165, 1.54) is 12.1 Å². The highest BCUT2D eigenvalue weighted by molar-refractivity contribution is 5.30. The summed E-state index contributed by atoms with van der Waals surface area (Å²) in [6.07, 6.45) is 0.851. The lowest BCUT2D eigenvalue weighted by atomic mass is 9.99. The summed E-state index contributed by atoms with van der Waals surface area (Å²) >= 11 is 0. The van der Waals surface area contributed by atoms with Crippen LogP contribution in [0.3, 0.4) is 0 Å². The van der Waals surface area contributed by atoms with Gasteiger partial charge in [0.15, 0.2) is 0 Å². The summed E-state index contributed by atoms with van der Waals surface area (Å²) in [4.78, 5) is 0. The smallest absolute Gasteiger partial charge is 0.123 e. The zero-order valence-corrected chi connectivity index (χ0v) is 7.76. The number of hydrogen-bond donors (Lipinski definition) is 2. The minimum atomic E-state index is -0.259. The van der Waals surface area contributed by atoms with Crippen LogP contribution in [0.15, 0.2) is 18.2 Å². The van der Waals surface area contributed by atoms with Crippen LogP contribution in [0.2, 0.25) is 0 Å². The molecule has 0 unspecified atom stereocenters. The molecule has 0 saturated heterocycles. The fourth-order valence-corrected chi connectivity index (χ4v) is 1.36. The zero-order chi connectivity index (χ0) is 9.84. The molecule has 0 amide bonds. The highest BCUT2D eigenvalue weighted by Crippen LogP contribution is 2.17. The second-order valence-corrected chi connectivity index (χ2v) is 3.04. The Morgan fingerprint density at radius 3 is 2.69 bits per heavy atom. The van der Waals surface area contributed by atoms with Crippen LogP contribution in [-0.4, -0.2) is 6.54 Å². The molecular formula is C10H15FN2. The summed E-state index contributed by atoms with van der Waals surface area (Å²) in [7, 11) is 0. The van der Waals surface area contributed by atoms with E-state index >= 15 is 0 Å². The first-order valence-corrected chi connectivity index (χ1v) is 4.43. The predicted molar refractivity (Wildman–Crippen MR) is 51.8 cm³/mol. The van der Waals surface area contributed by atoms with Gasteiger partial charge in [-0.15, -0.1) is 0 Å². The van der Waals surface area contributed by atoms with Crippen LogP contribution in [0.5, 0.6) is 0 Å². The molecule has 4 N–H and O–H groups in total. The number of nitrogens with two attached hydrogens (primary N) is 2. The van der Waals surface area contributed by atoms with Crippen molar-refractivity contribution in [1.82, 2.24) is 0 Å². The lowest BCUT2D eigenvalue weighted by Crippen LogP contribution is -2.22. The Hall–Kier alpha value is -0.930. The van der Waals surface area contributed by atoms with Crippen LogP contribution in [-0.2, 0) is 6.42 Å². The van der Waals surface area contributed by atoms with Gasteiger partial charge in [-0.1, -0.05) is 13.0 Å². The lowest BCUT2D eigenvalue weighted by molar-refractivity contribution is 0.617. The average molecular weight is 182 g/mol. The SMILES string of the molecule is CCc1ccc(F)cc1[C@@H](N)CN. The van der Waals surface area contributed by atoms with Crippen molar-refractivity contribution in [2.75, 3.05) is 6.54 Å². The van der Waals surface area contributed by atoms with Gasteiger partial charge < -0.3 is 11.5 Å². The highest BCUT2D eigenvalue weighted by Gasteiger charge is 2.09. The molecule has 1 aromatic rings. The van der Waals surface area contributed by atoms with Crippen LogP contribution in [0, 0.1) is 5.82 Å². The van der Waals surface area contributed by atoms with Gasteiger partial charge in [-0.05, 0) is 29.7 Å². The molecule has 0 saturated carbocycles. The second-order valence-electron chi connectivity index (χ2n) is 3.04. The molecule has 13 heavy (non-hydrogen) atoms. The van der Waals surface area contributed by atoms with Gasteiger partial charge in [0.05, 0.1) is 0 Å². The van der Waals surface area contributed by atoms with Crippen molar-refractivity contribution in [1.29, 1.82) is 0 Å². The fraction of sp³-hybridized carbons (Fsp3) is 0.400. The van der Waals surface area contributed by atoms with E-state index in [4.69, 9.17) is 11.5 Å². The summed E-state index contributed by atoms with van der Waals surface area (Å²) in [5.41, 5.74) is 13.1. The first-order chi connectivity index (χ1) is 6.19. The molecule has 0 bridgehead atoms. The van der Waals surface area contributed by atoms with Gasteiger partial charge >= 0.3 is 0 Å². The van der Waals surface area contributed by atoms with Crippen molar-refractivity contribution in [2.45, 2.75) is 19.4 Å². The Morgan fingerprint density at radius 2 is 2.15 bits per heavy atom. The van der Waals surface area contributed by atoms with Gasteiger partial charge in [0, 0.05) is 12.6 Å².